The molecule has 2 aromatic rings. The van der Waals surface area contributed by atoms with Gasteiger partial charge in [-0.25, -0.2) is 0 Å². The van der Waals surface area contributed by atoms with E-state index in [0.717, 1.165) is 16.3 Å². The number of rotatable bonds is 2. The number of carboxylic acids is 2. The second-order valence-electron chi connectivity index (χ2n) is 5.15. The van der Waals surface area contributed by atoms with Crippen molar-refractivity contribution < 1.29 is 19.8 Å². The van der Waals surface area contributed by atoms with Gasteiger partial charge in [-0.3, -0.25) is 9.59 Å². The van der Waals surface area contributed by atoms with Crippen LogP contribution in [-0.2, 0) is 16.0 Å². The largest absolute Gasteiger partial charge is 0.481 e. The van der Waals surface area contributed by atoms with Gasteiger partial charge < -0.3 is 10.2 Å². The zero-order valence-electron chi connectivity index (χ0n) is 10.7. The Bertz CT molecular complexity index is 705. The van der Waals surface area contributed by atoms with Crippen molar-refractivity contribution in [3.63, 3.8) is 0 Å². The number of aryl methyl sites for hydroxylation is 1. The van der Waals surface area contributed by atoms with E-state index < -0.39 is 23.8 Å². The number of carboxylic acid groups (broad SMARTS) is 2. The van der Waals surface area contributed by atoms with E-state index in [0.29, 0.717) is 18.4 Å². The molecular weight excluding hydrogens is 256 g/mol. The van der Waals surface area contributed by atoms with Crippen molar-refractivity contribution in [2.24, 2.45) is 5.92 Å². The Kier molecular flexibility index (Phi) is 2.93. The molecule has 102 valence electrons. The van der Waals surface area contributed by atoms with Crippen molar-refractivity contribution in [3.05, 3.63) is 47.5 Å². The number of benzene rings is 2. The molecule has 1 aliphatic carbocycles. The molecule has 0 radical (unpaired) electrons. The smallest absolute Gasteiger partial charge is 0.311 e. The second kappa shape index (κ2) is 4.63. The lowest BCUT2D eigenvalue weighted by Crippen LogP contribution is -2.32. The molecule has 0 saturated heterocycles. The van der Waals surface area contributed by atoms with E-state index in [2.05, 4.69) is 0 Å². The fraction of sp³-hybridized carbons (Fsp3) is 0.250. The average Bonchev–Trinajstić information content (AvgIpc) is 2.45. The van der Waals surface area contributed by atoms with E-state index in [-0.39, 0.29) is 0 Å². The van der Waals surface area contributed by atoms with E-state index in [1.54, 1.807) is 6.07 Å². The van der Waals surface area contributed by atoms with Gasteiger partial charge in [0.2, 0.25) is 0 Å². The van der Waals surface area contributed by atoms with E-state index in [1.165, 1.54) is 0 Å². The average molecular weight is 270 g/mol. The van der Waals surface area contributed by atoms with E-state index in [1.807, 2.05) is 30.3 Å². The standard InChI is InChI=1S/C16H14O4/c17-15(18)13-8-7-11-10-4-2-1-3-9(10)5-6-12(11)14(13)16(19)20/h1-6,13-14H,7-8H2,(H,17,18)(H,19,20)/t13-,14+/m1/s1. The van der Waals surface area contributed by atoms with Gasteiger partial charge in [-0.1, -0.05) is 36.4 Å². The molecule has 2 aromatic carbocycles. The van der Waals surface area contributed by atoms with Crippen LogP contribution in [0.3, 0.4) is 0 Å². The number of hydrogen-bond donors (Lipinski definition) is 2. The van der Waals surface area contributed by atoms with Crippen LogP contribution < -0.4 is 0 Å². The monoisotopic (exact) mass is 270 g/mol. The lowest BCUT2D eigenvalue weighted by atomic mass is 9.74. The molecule has 0 unspecified atom stereocenters. The first-order chi connectivity index (χ1) is 9.59. The van der Waals surface area contributed by atoms with Crippen molar-refractivity contribution >= 4 is 22.7 Å². The van der Waals surface area contributed by atoms with Crippen LogP contribution in [0.25, 0.3) is 10.8 Å². The molecule has 0 heterocycles. The highest BCUT2D eigenvalue weighted by molar-refractivity contribution is 5.92. The molecule has 20 heavy (non-hydrogen) atoms. The van der Waals surface area contributed by atoms with Gasteiger partial charge in [0.1, 0.15) is 0 Å². The van der Waals surface area contributed by atoms with Crippen molar-refractivity contribution in [1.29, 1.82) is 0 Å². The van der Waals surface area contributed by atoms with Gasteiger partial charge in [-0.15, -0.1) is 0 Å². The van der Waals surface area contributed by atoms with Crippen molar-refractivity contribution in [1.82, 2.24) is 0 Å². The summed E-state index contributed by atoms with van der Waals surface area (Å²) < 4.78 is 0. The van der Waals surface area contributed by atoms with Crippen LogP contribution in [-0.4, -0.2) is 22.2 Å². The molecular formula is C16H14O4. The van der Waals surface area contributed by atoms with Gasteiger partial charge in [-0.2, -0.15) is 0 Å². The fourth-order valence-electron chi connectivity index (χ4n) is 3.18. The van der Waals surface area contributed by atoms with Crippen LogP contribution in [0.4, 0.5) is 0 Å². The van der Waals surface area contributed by atoms with Crippen LogP contribution in [0.15, 0.2) is 36.4 Å². The predicted octanol–water partition coefficient (Wildman–Crippen LogP) is 2.66. The number of aliphatic carboxylic acids is 2. The summed E-state index contributed by atoms with van der Waals surface area (Å²) in [6, 6.07) is 11.4. The summed E-state index contributed by atoms with van der Waals surface area (Å²) in [4.78, 5) is 22.8. The van der Waals surface area contributed by atoms with Gasteiger partial charge in [0, 0.05) is 0 Å². The molecule has 2 N–H and O–H groups in total. The van der Waals surface area contributed by atoms with Crippen molar-refractivity contribution in [2.45, 2.75) is 18.8 Å². The minimum atomic E-state index is -1.06. The van der Waals surface area contributed by atoms with Gasteiger partial charge >= 0.3 is 11.9 Å². The predicted molar refractivity (Wildman–Crippen MR) is 73.8 cm³/mol. The Morgan fingerprint density at radius 1 is 1.00 bits per heavy atom. The molecule has 0 spiro atoms. The number of carbonyl (C=O) groups is 2. The Morgan fingerprint density at radius 3 is 2.45 bits per heavy atom. The molecule has 4 nitrogen and oxygen atoms in total. The van der Waals surface area contributed by atoms with Gasteiger partial charge in [0.15, 0.2) is 0 Å². The number of fused-ring (bicyclic) bond motifs is 3. The zero-order valence-corrected chi connectivity index (χ0v) is 10.7. The second-order valence-corrected chi connectivity index (χ2v) is 5.15. The Balaban J connectivity index is 2.22. The molecule has 0 aliphatic heterocycles. The summed E-state index contributed by atoms with van der Waals surface area (Å²) in [7, 11) is 0. The summed E-state index contributed by atoms with van der Waals surface area (Å²) in [6.07, 6.45) is 0.977. The highest BCUT2D eigenvalue weighted by Gasteiger charge is 2.39. The highest BCUT2D eigenvalue weighted by Crippen LogP contribution is 2.39. The Labute approximate surface area is 115 Å². The van der Waals surface area contributed by atoms with Crippen LogP contribution in [0, 0.1) is 5.92 Å². The third-order valence-electron chi connectivity index (χ3n) is 4.10. The maximum Gasteiger partial charge on any atom is 0.311 e. The quantitative estimate of drug-likeness (QED) is 0.879. The van der Waals surface area contributed by atoms with Crippen LogP contribution in [0.5, 0.6) is 0 Å². The molecule has 0 amide bonds. The minimum absolute atomic E-state index is 0.368. The van der Waals surface area contributed by atoms with E-state index >= 15 is 0 Å². The van der Waals surface area contributed by atoms with Crippen molar-refractivity contribution in [3.8, 4) is 0 Å². The maximum atomic E-state index is 11.5. The fourth-order valence-corrected chi connectivity index (χ4v) is 3.18. The van der Waals surface area contributed by atoms with E-state index in [9.17, 15) is 19.8 Å². The first kappa shape index (κ1) is 12.7. The molecule has 0 bridgehead atoms. The Morgan fingerprint density at radius 2 is 1.75 bits per heavy atom. The molecule has 1 aliphatic rings. The molecule has 4 heteroatoms. The first-order valence-corrected chi connectivity index (χ1v) is 6.55. The van der Waals surface area contributed by atoms with Crippen LogP contribution >= 0.6 is 0 Å². The lowest BCUT2D eigenvalue weighted by molar-refractivity contribution is -0.150. The summed E-state index contributed by atoms with van der Waals surface area (Å²) in [5.74, 6) is -3.90. The normalized spacial score (nSPS) is 21.4. The third kappa shape index (κ3) is 1.84. The topological polar surface area (TPSA) is 74.6 Å². The van der Waals surface area contributed by atoms with Crippen LogP contribution in [0.1, 0.15) is 23.5 Å². The maximum absolute atomic E-state index is 11.5. The highest BCUT2D eigenvalue weighted by atomic mass is 16.4. The van der Waals surface area contributed by atoms with Crippen molar-refractivity contribution in [2.75, 3.05) is 0 Å². The molecule has 0 fully saturated rings. The molecule has 3 rings (SSSR count). The summed E-state index contributed by atoms with van der Waals surface area (Å²) in [6.45, 7) is 0. The number of hydrogen-bond acceptors (Lipinski definition) is 2. The van der Waals surface area contributed by atoms with E-state index in [4.69, 9.17) is 0 Å². The minimum Gasteiger partial charge on any atom is -0.481 e. The zero-order chi connectivity index (χ0) is 14.3. The summed E-state index contributed by atoms with van der Waals surface area (Å²) in [5, 5.41) is 20.7. The molecule has 0 aromatic heterocycles. The third-order valence-corrected chi connectivity index (χ3v) is 4.10. The summed E-state index contributed by atoms with van der Waals surface area (Å²) in [5.41, 5.74) is 1.63. The van der Waals surface area contributed by atoms with Gasteiger partial charge in [0.05, 0.1) is 11.8 Å². The first-order valence-electron chi connectivity index (χ1n) is 6.55. The lowest BCUT2D eigenvalue weighted by Gasteiger charge is -2.29. The molecule has 0 saturated carbocycles. The van der Waals surface area contributed by atoms with Gasteiger partial charge in [0.25, 0.3) is 0 Å². The summed E-state index contributed by atoms with van der Waals surface area (Å²) >= 11 is 0. The Hall–Kier alpha value is -2.36. The SMILES string of the molecule is O=C(O)[C@@H]1CCc2c(ccc3ccccc23)[C@@H]1C(=O)O. The van der Waals surface area contributed by atoms with Gasteiger partial charge in [-0.05, 0) is 34.7 Å². The molecule has 2 atom stereocenters. The van der Waals surface area contributed by atoms with Crippen LogP contribution in [0.2, 0.25) is 0 Å².